The van der Waals surface area contributed by atoms with E-state index in [1.807, 2.05) is 13.8 Å². The zero-order valence-electron chi connectivity index (χ0n) is 18.9. The summed E-state index contributed by atoms with van der Waals surface area (Å²) >= 11 is 0. The zero-order chi connectivity index (χ0) is 21.6. The minimum Gasteiger partial charge on any atom is -0.480 e. The Kier molecular flexibility index (Phi) is 9.68. The van der Waals surface area contributed by atoms with Crippen molar-refractivity contribution in [1.82, 2.24) is 5.32 Å². The monoisotopic (exact) mass is 403 g/mol. The topological polar surface area (TPSA) is 84.9 Å². The Morgan fingerprint density at radius 2 is 1.56 bits per heavy atom. The van der Waals surface area contributed by atoms with E-state index < -0.39 is 37.9 Å². The molecular formula is C20H41NO5Si. The molecule has 0 radical (unpaired) electrons. The number of ether oxygens (including phenoxy) is 1. The molecule has 0 saturated carbocycles. The maximum atomic E-state index is 12.6. The molecular weight excluding hydrogens is 362 g/mol. The van der Waals surface area contributed by atoms with Crippen LogP contribution < -0.4 is 5.32 Å². The first-order valence-corrected chi connectivity index (χ1v) is 12.7. The fourth-order valence-corrected chi connectivity index (χ4v) is 3.31. The van der Waals surface area contributed by atoms with Gasteiger partial charge < -0.3 is 14.3 Å². The third-order valence-electron chi connectivity index (χ3n) is 4.77. The highest BCUT2D eigenvalue weighted by Gasteiger charge is 2.38. The van der Waals surface area contributed by atoms with Crippen LogP contribution >= 0.6 is 0 Å². The molecule has 0 saturated heterocycles. The predicted molar refractivity (Wildman–Crippen MR) is 111 cm³/mol. The lowest BCUT2D eigenvalue weighted by Crippen LogP contribution is -2.50. The summed E-state index contributed by atoms with van der Waals surface area (Å²) in [6, 6.07) is -1.51. The van der Waals surface area contributed by atoms with Gasteiger partial charge in [0, 0.05) is 6.61 Å². The molecule has 1 unspecified atom stereocenters. The van der Waals surface area contributed by atoms with Crippen molar-refractivity contribution in [2.24, 2.45) is 5.92 Å². The molecule has 0 aromatic carbocycles. The molecule has 0 aliphatic heterocycles. The van der Waals surface area contributed by atoms with E-state index in [9.17, 15) is 14.7 Å². The lowest BCUT2D eigenvalue weighted by atomic mass is 10.0. The Balaban J connectivity index is 5.19. The first-order chi connectivity index (χ1) is 12.0. The highest BCUT2D eigenvalue weighted by Crippen LogP contribution is 2.36. The zero-order valence-corrected chi connectivity index (χ0v) is 19.9. The fourth-order valence-electron chi connectivity index (χ4n) is 2.24. The minimum atomic E-state index is -1.94. The van der Waals surface area contributed by atoms with E-state index in [0.29, 0.717) is 19.4 Å². The summed E-state index contributed by atoms with van der Waals surface area (Å²) in [4.78, 5) is 24.2. The van der Waals surface area contributed by atoms with Crippen LogP contribution in [0.4, 0.5) is 0 Å². The van der Waals surface area contributed by atoms with Gasteiger partial charge in [-0.2, -0.15) is 0 Å². The number of esters is 1. The average Bonchev–Trinajstić information content (AvgIpc) is 2.41. The van der Waals surface area contributed by atoms with Crippen LogP contribution in [0, 0.1) is 5.92 Å². The highest BCUT2D eigenvalue weighted by atomic mass is 28.4. The molecule has 0 aliphatic rings. The minimum absolute atomic E-state index is 0.0725. The van der Waals surface area contributed by atoms with Crippen molar-refractivity contribution in [1.29, 1.82) is 0 Å². The normalized spacial score (nSPS) is 15.5. The van der Waals surface area contributed by atoms with Crippen LogP contribution in [-0.2, 0) is 18.8 Å². The molecule has 0 heterocycles. The second-order valence-electron chi connectivity index (χ2n) is 10.2. The Labute approximate surface area is 166 Å². The number of carboxylic acids is 1. The maximum Gasteiger partial charge on any atom is 0.323 e. The quantitative estimate of drug-likeness (QED) is 0.420. The molecule has 7 heteroatoms. The lowest BCUT2D eigenvalue weighted by molar-refractivity contribution is -0.158. The summed E-state index contributed by atoms with van der Waals surface area (Å²) in [5.74, 6) is -1.19. The smallest absolute Gasteiger partial charge is 0.323 e. The molecule has 0 rings (SSSR count). The van der Waals surface area contributed by atoms with Gasteiger partial charge in [0.25, 0.3) is 0 Å². The third-order valence-corrected chi connectivity index (χ3v) is 9.31. The number of carbonyl (C=O) groups excluding carboxylic acids is 1. The average molecular weight is 404 g/mol. The molecule has 0 aliphatic carbocycles. The van der Waals surface area contributed by atoms with E-state index in [2.05, 4.69) is 39.2 Å². The van der Waals surface area contributed by atoms with Gasteiger partial charge in [-0.3, -0.25) is 14.9 Å². The van der Waals surface area contributed by atoms with Gasteiger partial charge in [-0.1, -0.05) is 34.6 Å². The SMILES string of the molecule is CC(C)C[C@H](NC(CCO[Si](C)(C)C(C)(C)C)C(=O)OC(C)(C)C)C(=O)O. The maximum absolute atomic E-state index is 12.6. The van der Waals surface area contributed by atoms with E-state index in [1.54, 1.807) is 20.8 Å². The van der Waals surface area contributed by atoms with Gasteiger partial charge in [0.05, 0.1) is 0 Å². The highest BCUT2D eigenvalue weighted by molar-refractivity contribution is 6.74. The van der Waals surface area contributed by atoms with Crippen molar-refractivity contribution in [3.8, 4) is 0 Å². The summed E-state index contributed by atoms with van der Waals surface area (Å²) in [5, 5.41) is 12.6. The van der Waals surface area contributed by atoms with Gasteiger partial charge >= 0.3 is 11.9 Å². The largest absolute Gasteiger partial charge is 0.480 e. The van der Waals surface area contributed by atoms with Crippen LogP contribution in [0.25, 0.3) is 0 Å². The number of hydrogen-bond donors (Lipinski definition) is 2. The molecule has 2 atom stereocenters. The Morgan fingerprint density at radius 3 is 1.93 bits per heavy atom. The standard InChI is InChI=1S/C20H41NO5Si/c1-14(2)13-16(17(22)23)21-15(18(24)26-19(3,4)5)11-12-25-27(9,10)20(6,7)8/h14-16,21H,11-13H2,1-10H3,(H,22,23)/t15?,16-/m0/s1. The Hall–Kier alpha value is -0.923. The van der Waals surface area contributed by atoms with Crippen LogP contribution in [-0.4, -0.2) is 49.7 Å². The van der Waals surface area contributed by atoms with Gasteiger partial charge in [-0.15, -0.1) is 0 Å². The number of carbonyl (C=O) groups is 2. The van der Waals surface area contributed by atoms with Crippen molar-refractivity contribution in [2.75, 3.05) is 6.61 Å². The number of carboxylic acid groups (broad SMARTS) is 1. The summed E-state index contributed by atoms with van der Waals surface area (Å²) in [7, 11) is -1.94. The van der Waals surface area contributed by atoms with Crippen molar-refractivity contribution >= 4 is 20.3 Å². The number of nitrogens with one attached hydrogen (secondary N) is 1. The molecule has 6 nitrogen and oxygen atoms in total. The second-order valence-corrected chi connectivity index (χ2v) is 15.0. The Morgan fingerprint density at radius 1 is 1.04 bits per heavy atom. The summed E-state index contributed by atoms with van der Waals surface area (Å²) < 4.78 is 11.7. The van der Waals surface area contributed by atoms with E-state index in [0.717, 1.165) is 0 Å². The number of hydrogen-bond acceptors (Lipinski definition) is 5. The van der Waals surface area contributed by atoms with Gasteiger partial charge in [0.15, 0.2) is 8.32 Å². The van der Waals surface area contributed by atoms with Gasteiger partial charge in [0.1, 0.15) is 17.7 Å². The van der Waals surface area contributed by atoms with E-state index in [1.165, 1.54) is 0 Å². The van der Waals surface area contributed by atoms with Crippen LogP contribution in [0.5, 0.6) is 0 Å². The molecule has 0 aromatic heterocycles. The van der Waals surface area contributed by atoms with E-state index in [-0.39, 0.29) is 11.0 Å². The van der Waals surface area contributed by atoms with Gasteiger partial charge in [-0.25, -0.2) is 0 Å². The van der Waals surface area contributed by atoms with E-state index >= 15 is 0 Å². The molecule has 27 heavy (non-hydrogen) atoms. The summed E-state index contributed by atoms with van der Waals surface area (Å²) in [6.07, 6.45) is 0.820. The van der Waals surface area contributed by atoms with Crippen LogP contribution in [0.1, 0.15) is 68.2 Å². The van der Waals surface area contributed by atoms with Crippen molar-refractivity contribution < 1.29 is 23.9 Å². The number of rotatable bonds is 10. The molecule has 0 amide bonds. The summed E-state index contributed by atoms with van der Waals surface area (Å²) in [5.41, 5.74) is -0.631. The molecule has 0 aromatic rings. The van der Waals surface area contributed by atoms with Crippen LogP contribution in [0.3, 0.4) is 0 Å². The first kappa shape index (κ1) is 26.1. The predicted octanol–water partition coefficient (Wildman–Crippen LogP) is 4.20. The molecule has 0 bridgehead atoms. The molecule has 0 fully saturated rings. The van der Waals surface area contributed by atoms with E-state index in [4.69, 9.17) is 9.16 Å². The molecule has 2 N–H and O–H groups in total. The molecule has 160 valence electrons. The van der Waals surface area contributed by atoms with Gasteiger partial charge in [-0.05, 0) is 57.7 Å². The number of aliphatic carboxylic acids is 1. The van der Waals surface area contributed by atoms with Crippen molar-refractivity contribution in [2.45, 2.75) is 104 Å². The lowest BCUT2D eigenvalue weighted by Gasteiger charge is -2.36. The first-order valence-electron chi connectivity index (χ1n) is 9.82. The van der Waals surface area contributed by atoms with Crippen LogP contribution in [0.2, 0.25) is 18.1 Å². The van der Waals surface area contributed by atoms with Crippen LogP contribution in [0.15, 0.2) is 0 Å². The molecule has 0 spiro atoms. The Bertz CT molecular complexity index is 492. The van der Waals surface area contributed by atoms with Gasteiger partial charge in [0.2, 0.25) is 0 Å². The summed E-state index contributed by atoms with van der Waals surface area (Å²) in [6.45, 7) is 20.5. The third kappa shape index (κ3) is 10.3. The van der Waals surface area contributed by atoms with Crippen molar-refractivity contribution in [3.63, 3.8) is 0 Å². The van der Waals surface area contributed by atoms with Crippen molar-refractivity contribution in [3.05, 3.63) is 0 Å². The fraction of sp³-hybridized carbons (Fsp3) is 0.900. The second kappa shape index (κ2) is 10.0.